The summed E-state index contributed by atoms with van der Waals surface area (Å²) in [6, 6.07) is 12.4. The Balaban J connectivity index is 1.38. The van der Waals surface area contributed by atoms with E-state index in [4.69, 9.17) is 4.52 Å². The van der Waals surface area contributed by atoms with Gasteiger partial charge in [-0.3, -0.25) is 14.5 Å². The molecule has 1 aliphatic heterocycles. The molecule has 1 aliphatic rings. The second-order valence-electron chi connectivity index (χ2n) is 6.63. The highest BCUT2D eigenvalue weighted by Gasteiger charge is 2.28. The zero-order chi connectivity index (χ0) is 19.5. The third-order valence-corrected chi connectivity index (χ3v) is 4.88. The van der Waals surface area contributed by atoms with Crippen LogP contribution in [0.15, 0.2) is 51.8 Å². The molecule has 0 radical (unpaired) electrons. The Labute approximate surface area is 161 Å². The number of nitrogens with zero attached hydrogens (tertiary/aromatic N) is 5. The quantitative estimate of drug-likeness (QED) is 0.727. The van der Waals surface area contributed by atoms with Crippen LogP contribution in [0.5, 0.6) is 0 Å². The summed E-state index contributed by atoms with van der Waals surface area (Å²) in [4.78, 5) is 32.0. The minimum atomic E-state index is -0.329. The number of benzene rings is 1. The van der Waals surface area contributed by atoms with Gasteiger partial charge in [0.05, 0.1) is 6.04 Å². The van der Waals surface area contributed by atoms with E-state index in [9.17, 15) is 9.59 Å². The maximum absolute atomic E-state index is 12.5. The highest BCUT2D eigenvalue weighted by atomic mass is 16.5. The summed E-state index contributed by atoms with van der Waals surface area (Å²) < 4.78 is 5.46. The Bertz CT molecular complexity index is 987. The van der Waals surface area contributed by atoms with Crippen LogP contribution >= 0.6 is 0 Å². The second kappa shape index (κ2) is 7.73. The fraction of sp³-hybridized carbons (Fsp3) is 0.316. The molecular weight excluding hydrogens is 360 g/mol. The minimum absolute atomic E-state index is 0.0478. The average Bonchev–Trinajstić information content (AvgIpc) is 3.24. The van der Waals surface area contributed by atoms with Crippen LogP contribution in [0.4, 0.5) is 0 Å². The molecule has 2 aromatic heterocycles. The number of piperazine rings is 1. The fourth-order valence-electron chi connectivity index (χ4n) is 3.20. The van der Waals surface area contributed by atoms with Crippen molar-refractivity contribution in [2.75, 3.05) is 26.2 Å². The summed E-state index contributed by atoms with van der Waals surface area (Å²) >= 11 is 0. The SMILES string of the molecule is CC(c1nc(-c2ccccc2)no1)N1CCN(C(=O)c2ccc(=O)[nH]n2)CC1. The average molecular weight is 380 g/mol. The molecule has 1 N–H and O–H groups in total. The predicted molar refractivity (Wildman–Crippen MR) is 100 cm³/mol. The van der Waals surface area contributed by atoms with E-state index >= 15 is 0 Å². The largest absolute Gasteiger partial charge is 0.337 e. The summed E-state index contributed by atoms with van der Waals surface area (Å²) in [5, 5.41) is 10.2. The second-order valence-corrected chi connectivity index (χ2v) is 6.63. The first-order chi connectivity index (χ1) is 13.6. The van der Waals surface area contributed by atoms with Gasteiger partial charge >= 0.3 is 0 Å². The molecule has 0 aliphatic carbocycles. The van der Waals surface area contributed by atoms with E-state index in [2.05, 4.69) is 25.2 Å². The lowest BCUT2D eigenvalue weighted by Crippen LogP contribution is -2.49. The molecule has 1 unspecified atom stereocenters. The Hall–Kier alpha value is -3.33. The molecule has 9 nitrogen and oxygen atoms in total. The highest BCUT2D eigenvalue weighted by molar-refractivity contribution is 5.92. The van der Waals surface area contributed by atoms with Crippen molar-refractivity contribution in [3.8, 4) is 11.4 Å². The molecule has 28 heavy (non-hydrogen) atoms. The molecule has 1 amide bonds. The van der Waals surface area contributed by atoms with Gasteiger partial charge in [0, 0.05) is 37.8 Å². The fourth-order valence-corrected chi connectivity index (χ4v) is 3.20. The van der Waals surface area contributed by atoms with E-state index in [1.165, 1.54) is 12.1 Å². The van der Waals surface area contributed by atoms with Crippen LogP contribution in [-0.2, 0) is 0 Å². The van der Waals surface area contributed by atoms with Crippen LogP contribution in [0.3, 0.4) is 0 Å². The number of carbonyl (C=O) groups is 1. The number of H-pyrrole nitrogens is 1. The number of rotatable bonds is 4. The van der Waals surface area contributed by atoms with Crippen molar-refractivity contribution in [2.24, 2.45) is 0 Å². The van der Waals surface area contributed by atoms with E-state index in [1.807, 2.05) is 37.3 Å². The smallest absolute Gasteiger partial charge is 0.274 e. The van der Waals surface area contributed by atoms with E-state index in [1.54, 1.807) is 4.90 Å². The van der Waals surface area contributed by atoms with Gasteiger partial charge in [0.15, 0.2) is 0 Å². The van der Waals surface area contributed by atoms with Gasteiger partial charge in [-0.25, -0.2) is 5.10 Å². The highest BCUT2D eigenvalue weighted by Crippen LogP contribution is 2.23. The van der Waals surface area contributed by atoms with Gasteiger partial charge in [0.2, 0.25) is 11.7 Å². The van der Waals surface area contributed by atoms with Crippen LogP contribution in [-0.4, -0.2) is 62.2 Å². The first kappa shape index (κ1) is 18.1. The van der Waals surface area contributed by atoms with E-state index in [0.717, 1.165) is 5.56 Å². The van der Waals surface area contributed by atoms with Crippen molar-refractivity contribution < 1.29 is 9.32 Å². The van der Waals surface area contributed by atoms with Crippen molar-refractivity contribution in [1.82, 2.24) is 30.1 Å². The lowest BCUT2D eigenvalue weighted by molar-refractivity contribution is 0.0545. The zero-order valence-corrected chi connectivity index (χ0v) is 15.4. The Morgan fingerprint density at radius 3 is 2.54 bits per heavy atom. The summed E-state index contributed by atoms with van der Waals surface area (Å²) in [7, 11) is 0. The van der Waals surface area contributed by atoms with E-state index in [-0.39, 0.29) is 23.2 Å². The van der Waals surface area contributed by atoms with Gasteiger partial charge in [-0.15, -0.1) is 0 Å². The molecular formula is C19H20N6O3. The summed E-state index contributed by atoms with van der Waals surface area (Å²) in [6.45, 7) is 4.50. The number of hydrogen-bond acceptors (Lipinski definition) is 7. The number of aromatic amines is 1. The summed E-state index contributed by atoms with van der Waals surface area (Å²) in [5.41, 5.74) is 0.823. The molecule has 0 bridgehead atoms. The van der Waals surface area contributed by atoms with Gasteiger partial charge in [-0.2, -0.15) is 10.1 Å². The van der Waals surface area contributed by atoms with Crippen LogP contribution in [0, 0.1) is 0 Å². The molecule has 1 atom stereocenters. The minimum Gasteiger partial charge on any atom is -0.337 e. The van der Waals surface area contributed by atoms with Crippen LogP contribution in [0.25, 0.3) is 11.4 Å². The first-order valence-corrected chi connectivity index (χ1v) is 9.10. The van der Waals surface area contributed by atoms with Gasteiger partial charge < -0.3 is 9.42 Å². The first-order valence-electron chi connectivity index (χ1n) is 9.10. The molecule has 144 valence electrons. The molecule has 1 aromatic carbocycles. The number of aromatic nitrogens is 4. The molecule has 1 saturated heterocycles. The van der Waals surface area contributed by atoms with Gasteiger partial charge in [-0.1, -0.05) is 35.5 Å². The normalized spacial score (nSPS) is 16.1. The summed E-state index contributed by atoms with van der Waals surface area (Å²) in [6.07, 6.45) is 0. The van der Waals surface area contributed by atoms with Gasteiger partial charge in [-0.05, 0) is 13.0 Å². The molecule has 3 aromatic rings. The third kappa shape index (κ3) is 3.70. The third-order valence-electron chi connectivity index (χ3n) is 4.88. The van der Waals surface area contributed by atoms with Gasteiger partial charge in [0.1, 0.15) is 5.69 Å². The Morgan fingerprint density at radius 2 is 1.86 bits per heavy atom. The number of hydrogen-bond donors (Lipinski definition) is 1. The van der Waals surface area contributed by atoms with Gasteiger partial charge in [0.25, 0.3) is 11.5 Å². The van der Waals surface area contributed by atoms with Crippen molar-refractivity contribution >= 4 is 5.91 Å². The maximum atomic E-state index is 12.5. The molecule has 9 heteroatoms. The lowest BCUT2D eigenvalue weighted by Gasteiger charge is -2.36. The maximum Gasteiger partial charge on any atom is 0.274 e. The monoisotopic (exact) mass is 380 g/mol. The lowest BCUT2D eigenvalue weighted by atomic mass is 10.2. The molecule has 3 heterocycles. The standard InChI is InChI=1S/C19H20N6O3/c1-13(18-20-17(23-28-18)14-5-3-2-4-6-14)24-9-11-25(12-10-24)19(27)15-7-8-16(26)22-21-15/h2-8,13H,9-12H2,1H3,(H,22,26). The van der Waals surface area contributed by atoms with Crippen molar-refractivity contribution in [3.05, 3.63) is 64.4 Å². The number of amides is 1. The van der Waals surface area contributed by atoms with Crippen molar-refractivity contribution in [3.63, 3.8) is 0 Å². The zero-order valence-electron chi connectivity index (χ0n) is 15.4. The summed E-state index contributed by atoms with van der Waals surface area (Å²) in [5.74, 6) is 0.939. The van der Waals surface area contributed by atoms with E-state index in [0.29, 0.717) is 37.9 Å². The van der Waals surface area contributed by atoms with Crippen molar-refractivity contribution in [1.29, 1.82) is 0 Å². The molecule has 4 rings (SSSR count). The van der Waals surface area contributed by atoms with Crippen LogP contribution in [0.2, 0.25) is 0 Å². The Kier molecular flexibility index (Phi) is 4.98. The Morgan fingerprint density at radius 1 is 1.11 bits per heavy atom. The van der Waals surface area contributed by atoms with Crippen LogP contribution < -0.4 is 5.56 Å². The molecule has 0 spiro atoms. The molecule has 1 fully saturated rings. The van der Waals surface area contributed by atoms with Crippen molar-refractivity contribution in [2.45, 2.75) is 13.0 Å². The number of carbonyl (C=O) groups excluding carboxylic acids is 1. The number of nitrogens with one attached hydrogen (secondary N) is 1. The van der Waals surface area contributed by atoms with Crippen LogP contribution in [0.1, 0.15) is 29.3 Å². The topological polar surface area (TPSA) is 108 Å². The molecule has 0 saturated carbocycles. The van der Waals surface area contributed by atoms with E-state index < -0.39 is 0 Å². The predicted octanol–water partition coefficient (Wildman–Crippen LogP) is 1.34.